The molecule has 0 fully saturated rings. The van der Waals surface area contributed by atoms with Crippen molar-refractivity contribution in [2.45, 2.75) is 45.6 Å². The molecule has 0 atom stereocenters. The lowest BCUT2D eigenvalue weighted by Crippen LogP contribution is -2.50. The van der Waals surface area contributed by atoms with Gasteiger partial charge in [-0.3, -0.25) is 4.79 Å². The minimum absolute atomic E-state index is 0.0287. The first-order valence-corrected chi connectivity index (χ1v) is 6.69. The summed E-state index contributed by atoms with van der Waals surface area (Å²) in [7, 11) is 1.81. The Labute approximate surface area is 116 Å². The topological polar surface area (TPSA) is 46.3 Å². The molecule has 1 aromatic carbocycles. The molecule has 0 aliphatic rings. The van der Waals surface area contributed by atoms with Crippen molar-refractivity contribution < 1.29 is 4.79 Å². The molecule has 0 saturated carbocycles. The highest BCUT2D eigenvalue weighted by Crippen LogP contribution is 2.27. The first-order chi connectivity index (χ1) is 8.61. The number of carbonyl (C=O) groups excluding carboxylic acids is 1. The van der Waals surface area contributed by atoms with Crippen LogP contribution in [0, 0.1) is 0 Å². The van der Waals surface area contributed by atoms with Crippen LogP contribution in [0.1, 0.15) is 50.5 Å². The summed E-state index contributed by atoms with van der Waals surface area (Å²) in [5.41, 5.74) is 7.18. The number of hydrogen-bond donors (Lipinski definition) is 1. The third-order valence-electron chi connectivity index (χ3n) is 3.68. The van der Waals surface area contributed by atoms with Gasteiger partial charge in [-0.15, -0.1) is 0 Å². The van der Waals surface area contributed by atoms with E-state index in [-0.39, 0.29) is 16.9 Å². The van der Waals surface area contributed by atoms with Gasteiger partial charge in [-0.05, 0) is 30.9 Å². The number of nitrogens with two attached hydrogens (primary N) is 1. The molecule has 0 aliphatic heterocycles. The van der Waals surface area contributed by atoms with E-state index in [1.807, 2.05) is 45.2 Å². The Morgan fingerprint density at radius 3 is 2.16 bits per heavy atom. The molecule has 3 nitrogen and oxygen atoms in total. The van der Waals surface area contributed by atoms with Crippen LogP contribution in [0.25, 0.3) is 0 Å². The zero-order valence-electron chi connectivity index (χ0n) is 12.9. The van der Waals surface area contributed by atoms with Crippen LogP contribution in [0.2, 0.25) is 0 Å². The van der Waals surface area contributed by atoms with Crippen molar-refractivity contribution in [3.63, 3.8) is 0 Å². The van der Waals surface area contributed by atoms with Crippen LogP contribution in [0.5, 0.6) is 0 Å². The molecular formula is C16H26N2O. The summed E-state index contributed by atoms with van der Waals surface area (Å²) in [6.45, 7) is 10.7. The highest BCUT2D eigenvalue weighted by Gasteiger charge is 2.29. The lowest BCUT2D eigenvalue weighted by molar-refractivity contribution is 0.0637. The van der Waals surface area contributed by atoms with Crippen molar-refractivity contribution in [3.05, 3.63) is 35.4 Å². The Morgan fingerprint density at radius 2 is 1.68 bits per heavy atom. The van der Waals surface area contributed by atoms with Gasteiger partial charge in [-0.2, -0.15) is 0 Å². The third kappa shape index (κ3) is 3.35. The summed E-state index contributed by atoms with van der Waals surface area (Å²) in [6.07, 6.45) is 0. The van der Waals surface area contributed by atoms with E-state index in [1.54, 1.807) is 4.90 Å². The summed E-state index contributed by atoms with van der Waals surface area (Å²) < 4.78 is 0. The number of likely N-dealkylation sites (N-methyl/N-ethyl adjacent to an activating group) is 1. The summed E-state index contributed by atoms with van der Waals surface area (Å²) >= 11 is 0. The average Bonchev–Trinajstić information content (AvgIpc) is 2.36. The molecule has 1 rings (SSSR count). The lowest BCUT2D eigenvalue weighted by Gasteiger charge is -2.35. The lowest BCUT2D eigenvalue weighted by atomic mass is 9.83. The standard InChI is InChI=1S/C16H26N2O/c1-15(2,3)13-10-8-7-9-12(13)14(19)18(6)16(4,5)11-17/h7-10H,11,17H2,1-6H3. The van der Waals surface area contributed by atoms with E-state index in [2.05, 4.69) is 20.8 Å². The Hall–Kier alpha value is -1.35. The van der Waals surface area contributed by atoms with E-state index in [1.165, 1.54) is 0 Å². The van der Waals surface area contributed by atoms with Crippen molar-refractivity contribution in [2.75, 3.05) is 13.6 Å². The van der Waals surface area contributed by atoms with E-state index >= 15 is 0 Å². The molecular weight excluding hydrogens is 236 g/mol. The monoisotopic (exact) mass is 262 g/mol. The summed E-state index contributed by atoms with van der Waals surface area (Å²) in [5, 5.41) is 0. The smallest absolute Gasteiger partial charge is 0.254 e. The molecule has 0 heterocycles. The van der Waals surface area contributed by atoms with Gasteiger partial charge in [0.05, 0.1) is 0 Å². The number of nitrogens with zero attached hydrogens (tertiary/aromatic N) is 1. The van der Waals surface area contributed by atoms with Gasteiger partial charge >= 0.3 is 0 Å². The maximum atomic E-state index is 12.7. The number of hydrogen-bond acceptors (Lipinski definition) is 2. The average molecular weight is 262 g/mol. The molecule has 0 unspecified atom stereocenters. The van der Waals surface area contributed by atoms with Crippen molar-refractivity contribution in [3.8, 4) is 0 Å². The van der Waals surface area contributed by atoms with Gasteiger partial charge in [-0.1, -0.05) is 39.0 Å². The second-order valence-electron chi connectivity index (χ2n) is 6.68. The molecule has 0 aromatic heterocycles. The Balaban J connectivity index is 3.21. The molecule has 0 spiro atoms. The molecule has 106 valence electrons. The number of rotatable bonds is 3. The molecule has 0 aliphatic carbocycles. The predicted octanol–water partition coefficient (Wildman–Crippen LogP) is 2.79. The van der Waals surface area contributed by atoms with Crippen molar-refractivity contribution >= 4 is 5.91 Å². The quantitative estimate of drug-likeness (QED) is 0.910. The number of carbonyl (C=O) groups is 1. The van der Waals surface area contributed by atoms with Crippen LogP contribution in [-0.4, -0.2) is 29.9 Å². The largest absolute Gasteiger partial charge is 0.335 e. The minimum atomic E-state index is -0.345. The van der Waals surface area contributed by atoms with E-state index in [0.717, 1.165) is 11.1 Å². The second-order valence-corrected chi connectivity index (χ2v) is 6.68. The fraction of sp³-hybridized carbons (Fsp3) is 0.562. The maximum Gasteiger partial charge on any atom is 0.254 e. The van der Waals surface area contributed by atoms with Crippen LogP contribution in [0.3, 0.4) is 0 Å². The van der Waals surface area contributed by atoms with Crippen LogP contribution >= 0.6 is 0 Å². The minimum Gasteiger partial charge on any atom is -0.335 e. The molecule has 1 amide bonds. The summed E-state index contributed by atoms with van der Waals surface area (Å²) in [6, 6.07) is 7.81. The van der Waals surface area contributed by atoms with Crippen LogP contribution < -0.4 is 5.73 Å². The SMILES string of the molecule is CN(C(=O)c1ccccc1C(C)(C)C)C(C)(C)CN. The van der Waals surface area contributed by atoms with Gasteiger partial charge in [0.1, 0.15) is 0 Å². The molecule has 1 aromatic rings. The molecule has 0 radical (unpaired) electrons. The predicted molar refractivity (Wildman–Crippen MR) is 80.4 cm³/mol. The van der Waals surface area contributed by atoms with Gasteiger partial charge in [0.15, 0.2) is 0 Å². The van der Waals surface area contributed by atoms with Crippen LogP contribution in [-0.2, 0) is 5.41 Å². The van der Waals surface area contributed by atoms with E-state index in [4.69, 9.17) is 5.73 Å². The van der Waals surface area contributed by atoms with Crippen LogP contribution in [0.4, 0.5) is 0 Å². The highest BCUT2D eigenvalue weighted by atomic mass is 16.2. The van der Waals surface area contributed by atoms with Crippen LogP contribution in [0.15, 0.2) is 24.3 Å². The first-order valence-electron chi connectivity index (χ1n) is 6.69. The number of amides is 1. The first kappa shape index (κ1) is 15.7. The fourth-order valence-corrected chi connectivity index (χ4v) is 1.92. The number of benzene rings is 1. The van der Waals surface area contributed by atoms with Gasteiger partial charge in [0.2, 0.25) is 0 Å². The molecule has 0 saturated heterocycles. The zero-order chi connectivity index (χ0) is 14.8. The van der Waals surface area contributed by atoms with Crippen molar-refractivity contribution in [1.82, 2.24) is 4.90 Å². The van der Waals surface area contributed by atoms with E-state index < -0.39 is 0 Å². The van der Waals surface area contributed by atoms with E-state index in [9.17, 15) is 4.79 Å². The van der Waals surface area contributed by atoms with Gasteiger partial charge in [-0.25, -0.2) is 0 Å². The van der Waals surface area contributed by atoms with E-state index in [0.29, 0.717) is 6.54 Å². The Bertz CT molecular complexity index is 458. The van der Waals surface area contributed by atoms with Gasteiger partial charge in [0, 0.05) is 24.7 Å². The maximum absolute atomic E-state index is 12.7. The van der Waals surface area contributed by atoms with Crippen molar-refractivity contribution in [2.24, 2.45) is 5.73 Å². The third-order valence-corrected chi connectivity index (χ3v) is 3.68. The second kappa shape index (κ2) is 5.33. The summed E-state index contributed by atoms with van der Waals surface area (Å²) in [5.74, 6) is 0.0287. The molecule has 2 N–H and O–H groups in total. The summed E-state index contributed by atoms with van der Waals surface area (Å²) in [4.78, 5) is 14.4. The van der Waals surface area contributed by atoms with Crippen molar-refractivity contribution in [1.29, 1.82) is 0 Å². The highest BCUT2D eigenvalue weighted by molar-refractivity contribution is 5.96. The molecule has 3 heteroatoms. The fourth-order valence-electron chi connectivity index (χ4n) is 1.92. The van der Waals surface area contributed by atoms with Gasteiger partial charge < -0.3 is 10.6 Å². The normalized spacial score (nSPS) is 12.4. The Kier molecular flexibility index (Phi) is 4.41. The van der Waals surface area contributed by atoms with Gasteiger partial charge in [0.25, 0.3) is 5.91 Å². The molecule has 19 heavy (non-hydrogen) atoms. The Morgan fingerprint density at radius 1 is 1.16 bits per heavy atom. The molecule has 0 bridgehead atoms. The zero-order valence-corrected chi connectivity index (χ0v) is 12.9.